The van der Waals surface area contributed by atoms with Crippen LogP contribution in [-0.4, -0.2) is 22.5 Å². The second kappa shape index (κ2) is 7.42. The quantitative estimate of drug-likeness (QED) is 0.728. The monoisotopic (exact) mass is 359 g/mol. The molecule has 1 aromatic carbocycles. The summed E-state index contributed by atoms with van der Waals surface area (Å²) in [5, 5.41) is 5.60. The maximum Gasteiger partial charge on any atom is 0.275 e. The van der Waals surface area contributed by atoms with Crippen LogP contribution >= 0.6 is 22.9 Å². The Morgan fingerprint density at radius 3 is 3.00 bits per heavy atom. The number of halogens is 1. The highest BCUT2D eigenvalue weighted by Gasteiger charge is 2.14. The number of nitrogens with zero attached hydrogens (tertiary/aromatic N) is 2. The summed E-state index contributed by atoms with van der Waals surface area (Å²) in [6, 6.07) is 10.7. The van der Waals surface area contributed by atoms with E-state index in [0.29, 0.717) is 39.5 Å². The number of pyridine rings is 1. The minimum Gasteiger partial charge on any atom is -0.494 e. The highest BCUT2D eigenvalue weighted by atomic mass is 35.5. The van der Waals surface area contributed by atoms with Crippen molar-refractivity contribution in [1.82, 2.24) is 9.97 Å². The largest absolute Gasteiger partial charge is 0.494 e. The van der Waals surface area contributed by atoms with Crippen molar-refractivity contribution in [2.45, 2.75) is 6.92 Å². The molecular weight excluding hydrogens is 346 g/mol. The fraction of sp³-hybridized carbons (Fsp3) is 0.118. The molecule has 0 bridgehead atoms. The number of amides is 1. The smallest absolute Gasteiger partial charge is 0.275 e. The third kappa shape index (κ3) is 3.72. The summed E-state index contributed by atoms with van der Waals surface area (Å²) in [5.74, 6) is 0.410. The second-order valence-electron chi connectivity index (χ2n) is 4.79. The van der Waals surface area contributed by atoms with Crippen molar-refractivity contribution in [3.63, 3.8) is 0 Å². The third-order valence-corrected chi connectivity index (χ3v) is 4.25. The lowest BCUT2D eigenvalue weighted by Crippen LogP contribution is -2.12. The molecule has 122 valence electrons. The predicted octanol–water partition coefficient (Wildman–Crippen LogP) is 4.51. The lowest BCUT2D eigenvalue weighted by atomic mass is 10.3. The first-order chi connectivity index (χ1) is 11.7. The Balaban J connectivity index is 1.77. The molecule has 5 nitrogen and oxygen atoms in total. The molecule has 0 unspecified atom stereocenters. The maximum absolute atomic E-state index is 12.4. The predicted molar refractivity (Wildman–Crippen MR) is 95.9 cm³/mol. The maximum atomic E-state index is 12.4. The molecule has 3 rings (SSSR count). The second-order valence-corrected chi connectivity index (χ2v) is 6.05. The van der Waals surface area contributed by atoms with E-state index >= 15 is 0 Å². The molecule has 2 heterocycles. The van der Waals surface area contributed by atoms with Crippen molar-refractivity contribution in [1.29, 1.82) is 0 Å². The highest BCUT2D eigenvalue weighted by molar-refractivity contribution is 7.13. The average Bonchev–Trinajstić information content (AvgIpc) is 3.06. The number of carbonyl (C=O) groups is 1. The van der Waals surface area contributed by atoms with Gasteiger partial charge in [0.15, 0.2) is 0 Å². The van der Waals surface area contributed by atoms with Crippen LogP contribution in [0.2, 0.25) is 5.02 Å². The van der Waals surface area contributed by atoms with Crippen molar-refractivity contribution < 1.29 is 9.53 Å². The van der Waals surface area contributed by atoms with Gasteiger partial charge in [0.1, 0.15) is 22.1 Å². The van der Waals surface area contributed by atoms with Gasteiger partial charge < -0.3 is 10.1 Å². The number of carbonyl (C=O) groups excluding carboxylic acids is 1. The van der Waals surface area contributed by atoms with Gasteiger partial charge >= 0.3 is 0 Å². The molecule has 1 amide bonds. The van der Waals surface area contributed by atoms with Crippen LogP contribution in [0, 0.1) is 0 Å². The Morgan fingerprint density at radius 2 is 2.21 bits per heavy atom. The first-order valence-electron chi connectivity index (χ1n) is 7.28. The Bertz CT molecular complexity index is 866. The van der Waals surface area contributed by atoms with E-state index in [2.05, 4.69) is 15.3 Å². The standard InChI is InChI=1S/C17H14ClN3O2S/c1-2-23-12-6-3-5-11(9-12)20-16(22)14-10-24-17(21-14)15-13(18)7-4-8-19-15/h3-10H,2H2,1H3,(H,20,22). The number of hydrogen-bond donors (Lipinski definition) is 1. The molecule has 0 saturated heterocycles. The van der Waals surface area contributed by atoms with E-state index < -0.39 is 0 Å². The SMILES string of the molecule is CCOc1cccc(NC(=O)c2csc(-c3ncccc3Cl)n2)c1. The molecule has 0 radical (unpaired) electrons. The number of aromatic nitrogens is 2. The third-order valence-electron chi connectivity index (χ3n) is 3.10. The minimum atomic E-state index is -0.293. The van der Waals surface area contributed by atoms with Gasteiger partial charge in [0.05, 0.1) is 11.6 Å². The van der Waals surface area contributed by atoms with Crippen LogP contribution in [0.3, 0.4) is 0 Å². The number of nitrogens with one attached hydrogen (secondary N) is 1. The Labute approximate surface area is 148 Å². The topological polar surface area (TPSA) is 64.1 Å². The van der Waals surface area contributed by atoms with E-state index in [4.69, 9.17) is 16.3 Å². The Kier molecular flexibility index (Phi) is 5.08. The molecule has 24 heavy (non-hydrogen) atoms. The first-order valence-corrected chi connectivity index (χ1v) is 8.53. The summed E-state index contributed by atoms with van der Waals surface area (Å²) in [7, 11) is 0. The van der Waals surface area contributed by atoms with Gasteiger partial charge in [-0.2, -0.15) is 0 Å². The average molecular weight is 360 g/mol. The van der Waals surface area contributed by atoms with Crippen molar-refractivity contribution in [2.75, 3.05) is 11.9 Å². The molecular formula is C17H14ClN3O2S. The van der Waals surface area contributed by atoms with Crippen molar-refractivity contribution >= 4 is 34.5 Å². The Hall–Kier alpha value is -2.44. The molecule has 0 aliphatic carbocycles. The van der Waals surface area contributed by atoms with Gasteiger partial charge in [0.2, 0.25) is 0 Å². The van der Waals surface area contributed by atoms with Crippen LogP contribution in [0.15, 0.2) is 48.0 Å². The fourth-order valence-corrected chi connectivity index (χ4v) is 3.13. The van der Waals surface area contributed by atoms with Gasteiger partial charge in [-0.05, 0) is 31.2 Å². The normalized spacial score (nSPS) is 10.4. The molecule has 0 aliphatic rings. The zero-order valence-corrected chi connectivity index (χ0v) is 14.4. The van der Waals surface area contributed by atoms with Crippen LogP contribution in [0.5, 0.6) is 5.75 Å². The van der Waals surface area contributed by atoms with Crippen LogP contribution < -0.4 is 10.1 Å². The lowest BCUT2D eigenvalue weighted by Gasteiger charge is -2.06. The number of anilines is 1. The number of hydrogen-bond acceptors (Lipinski definition) is 5. The van der Waals surface area contributed by atoms with Crippen molar-refractivity contribution in [2.24, 2.45) is 0 Å². The van der Waals surface area contributed by atoms with Crippen LogP contribution in [0.25, 0.3) is 10.7 Å². The molecule has 1 N–H and O–H groups in total. The van der Waals surface area contributed by atoms with E-state index in [0.717, 1.165) is 0 Å². The molecule has 2 aromatic heterocycles. The van der Waals surface area contributed by atoms with Gasteiger partial charge in [-0.15, -0.1) is 11.3 Å². The molecule has 0 saturated carbocycles. The fourth-order valence-electron chi connectivity index (χ4n) is 2.06. The summed E-state index contributed by atoms with van der Waals surface area (Å²) in [6.07, 6.45) is 1.64. The van der Waals surface area contributed by atoms with E-state index in [1.54, 1.807) is 35.8 Å². The zero-order valence-electron chi connectivity index (χ0n) is 12.8. The van der Waals surface area contributed by atoms with Crippen LogP contribution in [0.4, 0.5) is 5.69 Å². The number of benzene rings is 1. The van der Waals surface area contributed by atoms with E-state index in [-0.39, 0.29) is 5.91 Å². The van der Waals surface area contributed by atoms with E-state index in [9.17, 15) is 4.79 Å². The molecule has 0 atom stereocenters. The lowest BCUT2D eigenvalue weighted by molar-refractivity contribution is 0.102. The van der Waals surface area contributed by atoms with Gasteiger partial charge in [-0.1, -0.05) is 17.7 Å². The van der Waals surface area contributed by atoms with Crippen LogP contribution in [0.1, 0.15) is 17.4 Å². The minimum absolute atomic E-state index is 0.293. The number of ether oxygens (including phenoxy) is 1. The molecule has 7 heteroatoms. The summed E-state index contributed by atoms with van der Waals surface area (Å²) in [6.45, 7) is 2.47. The van der Waals surface area contributed by atoms with Gasteiger partial charge in [0, 0.05) is 23.3 Å². The Morgan fingerprint density at radius 1 is 1.33 bits per heavy atom. The van der Waals surface area contributed by atoms with Crippen LogP contribution in [-0.2, 0) is 0 Å². The number of rotatable bonds is 5. The highest BCUT2D eigenvalue weighted by Crippen LogP contribution is 2.28. The molecule has 0 aliphatic heterocycles. The summed E-state index contributed by atoms with van der Waals surface area (Å²) in [4.78, 5) is 20.9. The summed E-state index contributed by atoms with van der Waals surface area (Å²) < 4.78 is 5.42. The van der Waals surface area contributed by atoms with Gasteiger partial charge in [0.25, 0.3) is 5.91 Å². The van der Waals surface area contributed by atoms with Gasteiger partial charge in [-0.3, -0.25) is 9.78 Å². The zero-order chi connectivity index (χ0) is 16.9. The number of thiazole rings is 1. The summed E-state index contributed by atoms with van der Waals surface area (Å²) in [5.41, 5.74) is 1.54. The molecule has 0 fully saturated rings. The molecule has 3 aromatic rings. The van der Waals surface area contributed by atoms with E-state index in [1.165, 1.54) is 11.3 Å². The molecule has 0 spiro atoms. The summed E-state index contributed by atoms with van der Waals surface area (Å²) >= 11 is 7.44. The van der Waals surface area contributed by atoms with E-state index in [1.807, 2.05) is 19.1 Å². The van der Waals surface area contributed by atoms with Crippen molar-refractivity contribution in [3.05, 3.63) is 58.7 Å². The van der Waals surface area contributed by atoms with Gasteiger partial charge in [-0.25, -0.2) is 4.98 Å². The first kappa shape index (κ1) is 16.4. The van der Waals surface area contributed by atoms with Crippen molar-refractivity contribution in [3.8, 4) is 16.5 Å².